The second kappa shape index (κ2) is 7.50. The molecule has 0 bridgehead atoms. The standard InChI is InChI=1S/C24H25BrN4S/c1-14-12-18(9-10-20(14)25)29-23(19-13-15(2)28(16(19)3)17-7-8-17)22(27-24(29)30)21-6-4-5-11-26-21/h4-6,9-13,17,22-23H,7-8H2,1-3H3,(H,27,30)/t22-,23+/m0/s1. The van der Waals surface area contributed by atoms with Gasteiger partial charge in [-0.05, 0) is 93.4 Å². The summed E-state index contributed by atoms with van der Waals surface area (Å²) in [4.78, 5) is 6.94. The lowest BCUT2D eigenvalue weighted by atomic mass is 9.96. The molecule has 5 rings (SSSR count). The zero-order valence-electron chi connectivity index (χ0n) is 17.4. The summed E-state index contributed by atoms with van der Waals surface area (Å²) < 4.78 is 3.62. The third kappa shape index (κ3) is 3.26. The molecule has 0 spiro atoms. The number of thiocarbonyl (C=S) groups is 1. The molecule has 2 aliphatic rings. The van der Waals surface area contributed by atoms with E-state index in [1.54, 1.807) is 0 Å². The zero-order chi connectivity index (χ0) is 21.0. The van der Waals surface area contributed by atoms with Gasteiger partial charge >= 0.3 is 0 Å². The van der Waals surface area contributed by atoms with Gasteiger partial charge in [0.05, 0.1) is 17.8 Å². The van der Waals surface area contributed by atoms with E-state index in [1.165, 1.54) is 35.4 Å². The molecular weight excluding hydrogens is 456 g/mol. The van der Waals surface area contributed by atoms with E-state index in [0.717, 1.165) is 21.0 Å². The van der Waals surface area contributed by atoms with Crippen LogP contribution in [-0.2, 0) is 0 Å². The molecule has 3 heterocycles. The minimum atomic E-state index is -0.00388. The summed E-state index contributed by atoms with van der Waals surface area (Å²) >= 11 is 9.50. The first kappa shape index (κ1) is 19.8. The lowest BCUT2D eigenvalue weighted by Crippen LogP contribution is -2.29. The highest BCUT2D eigenvalue weighted by atomic mass is 79.9. The predicted octanol–water partition coefficient (Wildman–Crippen LogP) is 6.08. The van der Waals surface area contributed by atoms with Crippen molar-refractivity contribution in [1.82, 2.24) is 14.9 Å². The average molecular weight is 481 g/mol. The number of pyridine rings is 1. The van der Waals surface area contributed by atoms with Gasteiger partial charge in [0.15, 0.2) is 5.11 Å². The fraction of sp³-hybridized carbons (Fsp3) is 0.333. The highest BCUT2D eigenvalue weighted by Gasteiger charge is 2.43. The number of rotatable bonds is 4. The minimum Gasteiger partial charge on any atom is -0.351 e. The van der Waals surface area contributed by atoms with Crippen LogP contribution in [0.15, 0.2) is 53.1 Å². The predicted molar refractivity (Wildman–Crippen MR) is 129 cm³/mol. The molecule has 4 nitrogen and oxygen atoms in total. The van der Waals surface area contributed by atoms with Crippen LogP contribution in [0.2, 0.25) is 0 Å². The smallest absolute Gasteiger partial charge is 0.174 e. The topological polar surface area (TPSA) is 33.1 Å². The van der Waals surface area contributed by atoms with E-state index in [0.29, 0.717) is 6.04 Å². The maximum absolute atomic E-state index is 5.87. The van der Waals surface area contributed by atoms with Crippen molar-refractivity contribution in [3.8, 4) is 0 Å². The van der Waals surface area contributed by atoms with E-state index in [-0.39, 0.29) is 12.1 Å². The van der Waals surface area contributed by atoms with Crippen molar-refractivity contribution < 1.29 is 0 Å². The number of aromatic nitrogens is 2. The molecule has 1 aliphatic heterocycles. The Labute approximate surface area is 191 Å². The molecule has 2 fully saturated rings. The largest absolute Gasteiger partial charge is 0.351 e. The molecule has 0 amide bonds. The Morgan fingerprint density at radius 1 is 1.10 bits per heavy atom. The van der Waals surface area contributed by atoms with Crippen LogP contribution in [-0.4, -0.2) is 14.7 Å². The molecule has 1 aromatic carbocycles. The summed E-state index contributed by atoms with van der Waals surface area (Å²) in [5.74, 6) is 0. The summed E-state index contributed by atoms with van der Waals surface area (Å²) in [6.07, 6.45) is 4.41. The van der Waals surface area contributed by atoms with Gasteiger partial charge in [0.2, 0.25) is 0 Å². The van der Waals surface area contributed by atoms with Gasteiger partial charge in [-0.1, -0.05) is 22.0 Å². The maximum atomic E-state index is 5.87. The average Bonchev–Trinajstić information content (AvgIpc) is 3.44. The highest BCUT2D eigenvalue weighted by Crippen LogP contribution is 2.46. The van der Waals surface area contributed by atoms with Crippen LogP contribution in [0.3, 0.4) is 0 Å². The third-order valence-electron chi connectivity index (χ3n) is 6.27. The van der Waals surface area contributed by atoms with Crippen molar-refractivity contribution in [3.63, 3.8) is 0 Å². The number of benzene rings is 1. The van der Waals surface area contributed by atoms with E-state index in [2.05, 4.69) is 86.8 Å². The molecule has 0 radical (unpaired) electrons. The fourth-order valence-electron chi connectivity index (χ4n) is 4.72. The number of halogens is 1. The van der Waals surface area contributed by atoms with Crippen LogP contribution in [0.25, 0.3) is 0 Å². The molecule has 3 aromatic rings. The molecule has 1 saturated heterocycles. The first-order valence-corrected chi connectivity index (χ1v) is 11.6. The van der Waals surface area contributed by atoms with E-state index in [4.69, 9.17) is 12.2 Å². The van der Waals surface area contributed by atoms with Crippen molar-refractivity contribution in [1.29, 1.82) is 0 Å². The van der Waals surface area contributed by atoms with Crippen molar-refractivity contribution in [2.45, 2.75) is 51.7 Å². The second-order valence-electron chi connectivity index (χ2n) is 8.36. The molecule has 2 aromatic heterocycles. The van der Waals surface area contributed by atoms with Gasteiger partial charge in [-0.3, -0.25) is 4.98 Å². The van der Waals surface area contributed by atoms with Gasteiger partial charge in [0.25, 0.3) is 0 Å². The molecular formula is C24H25BrN4S. The summed E-state index contributed by atoms with van der Waals surface area (Å²) in [5.41, 5.74) is 7.30. The van der Waals surface area contributed by atoms with E-state index < -0.39 is 0 Å². The number of hydrogen-bond donors (Lipinski definition) is 1. The lowest BCUT2D eigenvalue weighted by Gasteiger charge is -2.28. The van der Waals surface area contributed by atoms with Gasteiger partial charge in [0.1, 0.15) is 0 Å². The minimum absolute atomic E-state index is 0.00388. The molecule has 1 saturated carbocycles. The van der Waals surface area contributed by atoms with E-state index in [9.17, 15) is 0 Å². The number of nitrogens with one attached hydrogen (secondary N) is 1. The zero-order valence-corrected chi connectivity index (χ0v) is 19.8. The highest BCUT2D eigenvalue weighted by molar-refractivity contribution is 9.10. The first-order chi connectivity index (χ1) is 14.5. The van der Waals surface area contributed by atoms with E-state index >= 15 is 0 Å². The Balaban J connectivity index is 1.67. The molecule has 154 valence electrons. The SMILES string of the molecule is Cc1cc(N2C(=S)N[C@@H](c3ccccn3)[C@H]2c2cc(C)n(C3CC3)c2C)ccc1Br. The summed E-state index contributed by atoms with van der Waals surface area (Å²) in [7, 11) is 0. The number of aryl methyl sites for hydroxylation is 2. The summed E-state index contributed by atoms with van der Waals surface area (Å²) in [6, 6.07) is 15.6. The molecule has 2 atom stereocenters. The van der Waals surface area contributed by atoms with Crippen LogP contribution >= 0.6 is 28.1 Å². The van der Waals surface area contributed by atoms with Crippen LogP contribution in [0.4, 0.5) is 5.69 Å². The Morgan fingerprint density at radius 2 is 1.90 bits per heavy atom. The van der Waals surface area contributed by atoms with Crippen molar-refractivity contribution in [3.05, 3.63) is 81.3 Å². The second-order valence-corrected chi connectivity index (χ2v) is 9.60. The number of nitrogens with zero attached hydrogens (tertiary/aromatic N) is 3. The van der Waals surface area contributed by atoms with Crippen molar-refractivity contribution in [2.24, 2.45) is 0 Å². The Bertz CT molecular complexity index is 1120. The number of hydrogen-bond acceptors (Lipinski definition) is 2. The van der Waals surface area contributed by atoms with Crippen LogP contribution in [0, 0.1) is 20.8 Å². The monoisotopic (exact) mass is 480 g/mol. The van der Waals surface area contributed by atoms with Crippen LogP contribution < -0.4 is 10.2 Å². The van der Waals surface area contributed by atoms with Gasteiger partial charge in [-0.25, -0.2) is 0 Å². The summed E-state index contributed by atoms with van der Waals surface area (Å²) in [5, 5.41) is 4.32. The van der Waals surface area contributed by atoms with Gasteiger partial charge < -0.3 is 14.8 Å². The quantitative estimate of drug-likeness (QED) is 0.458. The van der Waals surface area contributed by atoms with Crippen LogP contribution in [0.1, 0.15) is 59.2 Å². The Morgan fingerprint density at radius 3 is 2.57 bits per heavy atom. The normalized spacial score (nSPS) is 21.2. The van der Waals surface area contributed by atoms with Crippen molar-refractivity contribution >= 4 is 38.9 Å². The summed E-state index contributed by atoms with van der Waals surface area (Å²) in [6.45, 7) is 6.59. The first-order valence-electron chi connectivity index (χ1n) is 10.4. The molecule has 0 unspecified atom stereocenters. The molecule has 30 heavy (non-hydrogen) atoms. The maximum Gasteiger partial charge on any atom is 0.174 e. The molecule has 1 N–H and O–H groups in total. The van der Waals surface area contributed by atoms with Gasteiger partial charge in [-0.15, -0.1) is 0 Å². The Kier molecular flexibility index (Phi) is 4.94. The molecule has 6 heteroatoms. The Hall–Kier alpha value is -2.18. The van der Waals surface area contributed by atoms with Crippen LogP contribution in [0.5, 0.6) is 0 Å². The fourth-order valence-corrected chi connectivity index (χ4v) is 5.32. The van der Waals surface area contributed by atoms with Gasteiger partial charge in [-0.2, -0.15) is 0 Å². The third-order valence-corrected chi connectivity index (χ3v) is 7.48. The number of anilines is 1. The lowest BCUT2D eigenvalue weighted by molar-refractivity contribution is 0.562. The van der Waals surface area contributed by atoms with Gasteiger partial charge in [0, 0.05) is 33.8 Å². The molecule has 1 aliphatic carbocycles. The van der Waals surface area contributed by atoms with E-state index in [1.807, 2.05) is 18.3 Å². The van der Waals surface area contributed by atoms with Crippen molar-refractivity contribution in [2.75, 3.05) is 4.90 Å².